The molecule has 0 saturated heterocycles. The second-order valence-electron chi connectivity index (χ2n) is 6.90. The quantitative estimate of drug-likeness (QED) is 0.744. The summed E-state index contributed by atoms with van der Waals surface area (Å²) in [5, 5.41) is 3.73. The predicted octanol–water partition coefficient (Wildman–Crippen LogP) is 5.53. The Hall–Kier alpha value is -0.340. The fraction of sp³-hybridized carbons (Fsp3) is 0.667. The van der Waals surface area contributed by atoms with Crippen molar-refractivity contribution < 1.29 is 0 Å². The topological polar surface area (TPSA) is 12.0 Å². The van der Waals surface area contributed by atoms with Crippen molar-refractivity contribution in [2.75, 3.05) is 0 Å². The number of benzene rings is 1. The van der Waals surface area contributed by atoms with Crippen LogP contribution < -0.4 is 5.32 Å². The number of hydrogen-bond acceptors (Lipinski definition) is 1. The van der Waals surface area contributed by atoms with Crippen molar-refractivity contribution in [3.63, 3.8) is 0 Å². The number of hydrogen-bond donors (Lipinski definition) is 1. The summed E-state index contributed by atoms with van der Waals surface area (Å²) < 4.78 is 1.16. The third-order valence-electron chi connectivity index (χ3n) is 5.25. The lowest BCUT2D eigenvalue weighted by molar-refractivity contribution is 0.137. The van der Waals surface area contributed by atoms with E-state index in [1.807, 2.05) is 0 Å². The van der Waals surface area contributed by atoms with Crippen LogP contribution in [0, 0.1) is 11.3 Å². The molecule has 1 N–H and O–H groups in total. The second kappa shape index (κ2) is 7.09. The Morgan fingerprint density at radius 2 is 1.70 bits per heavy atom. The first kappa shape index (κ1) is 16.0. The van der Waals surface area contributed by atoms with Gasteiger partial charge in [0.25, 0.3) is 0 Å². The van der Waals surface area contributed by atoms with Gasteiger partial charge in [0.15, 0.2) is 0 Å². The van der Waals surface area contributed by atoms with Crippen LogP contribution in [0.2, 0.25) is 0 Å². The Morgan fingerprint density at radius 3 is 2.25 bits per heavy atom. The van der Waals surface area contributed by atoms with E-state index >= 15 is 0 Å². The monoisotopic (exact) mass is 337 g/mol. The Morgan fingerprint density at radius 1 is 1.10 bits per heavy atom. The molecule has 0 aromatic heterocycles. The van der Waals surface area contributed by atoms with Gasteiger partial charge in [0.1, 0.15) is 0 Å². The van der Waals surface area contributed by atoms with Crippen molar-refractivity contribution in [3.8, 4) is 0 Å². The fourth-order valence-electron chi connectivity index (χ4n) is 3.23. The Balaban J connectivity index is 1.76. The average molecular weight is 338 g/mol. The van der Waals surface area contributed by atoms with E-state index in [1.54, 1.807) is 0 Å². The first-order valence-corrected chi connectivity index (χ1v) is 8.78. The predicted molar refractivity (Wildman–Crippen MR) is 90.8 cm³/mol. The summed E-state index contributed by atoms with van der Waals surface area (Å²) >= 11 is 3.48. The van der Waals surface area contributed by atoms with Crippen LogP contribution in [0.3, 0.4) is 0 Å². The molecule has 1 fully saturated rings. The van der Waals surface area contributed by atoms with Crippen molar-refractivity contribution in [2.45, 2.75) is 65.5 Å². The molecule has 1 aromatic carbocycles. The van der Waals surface area contributed by atoms with E-state index in [9.17, 15) is 0 Å². The zero-order valence-electron chi connectivity index (χ0n) is 13.1. The molecule has 112 valence electrons. The van der Waals surface area contributed by atoms with Gasteiger partial charge in [0.05, 0.1) is 0 Å². The molecule has 1 nitrogen and oxygen atoms in total. The van der Waals surface area contributed by atoms with E-state index in [2.05, 4.69) is 66.3 Å². The standard InChI is InChI=1S/C18H28BrN/c1-4-18(2,3)15-7-11-17(12-8-15)20-13-14-5-9-16(19)10-6-14/h5-6,9-10,15,17,20H,4,7-8,11-13H2,1-3H3. The third kappa shape index (κ3) is 4.33. The van der Waals surface area contributed by atoms with E-state index in [0.29, 0.717) is 11.5 Å². The van der Waals surface area contributed by atoms with Crippen molar-refractivity contribution in [2.24, 2.45) is 11.3 Å². The second-order valence-corrected chi connectivity index (χ2v) is 7.81. The zero-order chi connectivity index (χ0) is 14.6. The van der Waals surface area contributed by atoms with E-state index in [4.69, 9.17) is 0 Å². The van der Waals surface area contributed by atoms with Gasteiger partial charge in [-0.3, -0.25) is 0 Å². The molecule has 1 aliphatic rings. The van der Waals surface area contributed by atoms with Crippen LogP contribution >= 0.6 is 15.9 Å². The van der Waals surface area contributed by atoms with Gasteiger partial charge in [-0.15, -0.1) is 0 Å². The summed E-state index contributed by atoms with van der Waals surface area (Å²) in [6, 6.07) is 9.35. The van der Waals surface area contributed by atoms with Gasteiger partial charge in [-0.25, -0.2) is 0 Å². The number of halogens is 1. The van der Waals surface area contributed by atoms with Gasteiger partial charge >= 0.3 is 0 Å². The molecular weight excluding hydrogens is 310 g/mol. The highest BCUT2D eigenvalue weighted by Gasteiger charge is 2.31. The molecule has 0 heterocycles. The summed E-state index contributed by atoms with van der Waals surface area (Å²) in [6.45, 7) is 8.21. The molecule has 0 radical (unpaired) electrons. The lowest BCUT2D eigenvalue weighted by atomic mass is 9.69. The van der Waals surface area contributed by atoms with Crippen molar-refractivity contribution in [1.29, 1.82) is 0 Å². The number of rotatable bonds is 5. The number of nitrogens with one attached hydrogen (secondary N) is 1. The summed E-state index contributed by atoms with van der Waals surface area (Å²) in [7, 11) is 0. The summed E-state index contributed by atoms with van der Waals surface area (Å²) in [6.07, 6.45) is 6.75. The summed E-state index contributed by atoms with van der Waals surface area (Å²) in [5.74, 6) is 0.915. The molecule has 0 unspecified atom stereocenters. The lowest BCUT2D eigenvalue weighted by Gasteiger charge is -2.39. The molecule has 0 atom stereocenters. The summed E-state index contributed by atoms with van der Waals surface area (Å²) in [4.78, 5) is 0. The van der Waals surface area contributed by atoms with Gasteiger partial charge in [0, 0.05) is 17.1 Å². The molecule has 0 amide bonds. The van der Waals surface area contributed by atoms with Gasteiger partial charge in [-0.1, -0.05) is 55.3 Å². The largest absolute Gasteiger partial charge is 0.310 e. The fourth-order valence-corrected chi connectivity index (χ4v) is 3.50. The highest BCUT2D eigenvalue weighted by Crippen LogP contribution is 2.40. The maximum absolute atomic E-state index is 3.73. The molecule has 0 bridgehead atoms. The van der Waals surface area contributed by atoms with E-state index in [1.165, 1.54) is 37.7 Å². The van der Waals surface area contributed by atoms with Crippen LogP contribution in [0.4, 0.5) is 0 Å². The molecule has 0 spiro atoms. The minimum atomic E-state index is 0.524. The lowest BCUT2D eigenvalue weighted by Crippen LogP contribution is -2.36. The molecule has 1 aliphatic carbocycles. The van der Waals surface area contributed by atoms with Crippen molar-refractivity contribution in [1.82, 2.24) is 5.32 Å². The first-order valence-electron chi connectivity index (χ1n) is 7.99. The maximum Gasteiger partial charge on any atom is 0.0208 e. The normalized spacial score (nSPS) is 23.8. The van der Waals surface area contributed by atoms with Gasteiger partial charge in [-0.2, -0.15) is 0 Å². The van der Waals surface area contributed by atoms with Crippen LogP contribution in [-0.4, -0.2) is 6.04 Å². The van der Waals surface area contributed by atoms with E-state index < -0.39 is 0 Å². The van der Waals surface area contributed by atoms with Gasteiger partial charge < -0.3 is 5.32 Å². The maximum atomic E-state index is 3.73. The highest BCUT2D eigenvalue weighted by molar-refractivity contribution is 9.10. The molecule has 2 rings (SSSR count). The average Bonchev–Trinajstić information content (AvgIpc) is 2.47. The van der Waals surface area contributed by atoms with Crippen LogP contribution in [0.5, 0.6) is 0 Å². The van der Waals surface area contributed by atoms with Gasteiger partial charge in [-0.05, 0) is 54.7 Å². The highest BCUT2D eigenvalue weighted by atomic mass is 79.9. The van der Waals surface area contributed by atoms with Crippen LogP contribution in [0.15, 0.2) is 28.7 Å². The molecule has 1 aromatic rings. The van der Waals surface area contributed by atoms with Crippen LogP contribution in [0.25, 0.3) is 0 Å². The molecule has 20 heavy (non-hydrogen) atoms. The molecular formula is C18H28BrN. The van der Waals surface area contributed by atoms with Crippen LogP contribution in [0.1, 0.15) is 58.4 Å². The third-order valence-corrected chi connectivity index (χ3v) is 5.78. The summed E-state index contributed by atoms with van der Waals surface area (Å²) in [5.41, 5.74) is 1.90. The van der Waals surface area contributed by atoms with Crippen molar-refractivity contribution >= 4 is 15.9 Å². The van der Waals surface area contributed by atoms with Gasteiger partial charge in [0.2, 0.25) is 0 Å². The van der Waals surface area contributed by atoms with E-state index in [-0.39, 0.29) is 0 Å². The molecule has 1 saturated carbocycles. The molecule has 2 heteroatoms. The Kier molecular flexibility index (Phi) is 5.68. The minimum absolute atomic E-state index is 0.524. The van der Waals surface area contributed by atoms with E-state index in [0.717, 1.165) is 16.9 Å². The SMILES string of the molecule is CCC(C)(C)C1CCC(NCc2ccc(Br)cc2)CC1. The minimum Gasteiger partial charge on any atom is -0.310 e. The first-order chi connectivity index (χ1) is 9.51. The Labute approximate surface area is 132 Å². The zero-order valence-corrected chi connectivity index (χ0v) is 14.7. The molecule has 0 aliphatic heterocycles. The van der Waals surface area contributed by atoms with Crippen LogP contribution in [-0.2, 0) is 6.54 Å². The Bertz CT molecular complexity index is 402. The smallest absolute Gasteiger partial charge is 0.0208 e. The van der Waals surface area contributed by atoms with Crippen molar-refractivity contribution in [3.05, 3.63) is 34.3 Å².